The summed E-state index contributed by atoms with van der Waals surface area (Å²) in [6, 6.07) is 16.9. The van der Waals surface area contributed by atoms with Crippen molar-refractivity contribution in [2.45, 2.75) is 12.3 Å². The second-order valence-electron chi connectivity index (χ2n) is 5.91. The predicted octanol–water partition coefficient (Wildman–Crippen LogP) is 4.76. The van der Waals surface area contributed by atoms with E-state index in [-0.39, 0.29) is 5.82 Å². The van der Waals surface area contributed by atoms with E-state index in [1.807, 2.05) is 41.8 Å². The first-order chi connectivity index (χ1) is 13.1. The number of carboxylic acid groups (broad SMARTS) is 1. The zero-order chi connectivity index (χ0) is 19.1. The quantitative estimate of drug-likeness (QED) is 0.539. The lowest BCUT2D eigenvalue weighted by Crippen LogP contribution is -2.13. The van der Waals surface area contributed by atoms with Crippen LogP contribution in [0.1, 0.15) is 16.4 Å². The molecule has 1 atom stereocenters. The smallest absolute Gasteiger partial charge is 0.312 e. The lowest BCUT2D eigenvalue weighted by Gasteiger charge is -2.12. The molecule has 1 heterocycles. The molecule has 0 spiro atoms. The van der Waals surface area contributed by atoms with Gasteiger partial charge in [-0.3, -0.25) is 4.79 Å². The van der Waals surface area contributed by atoms with Gasteiger partial charge in [-0.25, -0.2) is 4.39 Å². The van der Waals surface area contributed by atoms with Gasteiger partial charge in [0.2, 0.25) is 0 Å². The summed E-state index contributed by atoms with van der Waals surface area (Å²) in [6.45, 7) is 0.650. The van der Waals surface area contributed by atoms with Crippen LogP contribution in [0.3, 0.4) is 0 Å². The number of aliphatic carboxylic acids is 1. The molecule has 4 nitrogen and oxygen atoms in total. The molecule has 0 radical (unpaired) electrons. The highest BCUT2D eigenvalue weighted by atomic mass is 32.1. The molecule has 27 heavy (non-hydrogen) atoms. The fourth-order valence-electron chi connectivity index (χ4n) is 2.65. The number of benzene rings is 2. The van der Waals surface area contributed by atoms with Gasteiger partial charge < -0.3 is 14.6 Å². The van der Waals surface area contributed by atoms with E-state index in [0.717, 1.165) is 10.4 Å². The van der Waals surface area contributed by atoms with Gasteiger partial charge in [0, 0.05) is 4.88 Å². The first-order valence-corrected chi connectivity index (χ1v) is 9.36. The Bertz CT molecular complexity index is 862. The highest BCUT2D eigenvalue weighted by molar-refractivity contribution is 7.10. The molecule has 6 heteroatoms. The fraction of sp³-hybridized carbons (Fsp3) is 0.190. The monoisotopic (exact) mass is 386 g/mol. The van der Waals surface area contributed by atoms with Crippen LogP contribution in [0.5, 0.6) is 11.5 Å². The van der Waals surface area contributed by atoms with Gasteiger partial charge in [0.1, 0.15) is 30.5 Å². The van der Waals surface area contributed by atoms with E-state index in [1.165, 1.54) is 23.5 Å². The average Bonchev–Trinajstić information content (AvgIpc) is 3.19. The maximum Gasteiger partial charge on any atom is 0.312 e. The van der Waals surface area contributed by atoms with Crippen molar-refractivity contribution in [3.8, 4) is 11.5 Å². The second-order valence-corrected chi connectivity index (χ2v) is 6.89. The molecular formula is C21H19FO4S. The van der Waals surface area contributed by atoms with Gasteiger partial charge in [0.05, 0.1) is 5.92 Å². The lowest BCUT2D eigenvalue weighted by atomic mass is 9.98. The Morgan fingerprint density at radius 2 is 1.74 bits per heavy atom. The first-order valence-electron chi connectivity index (χ1n) is 8.48. The summed E-state index contributed by atoms with van der Waals surface area (Å²) in [5, 5.41) is 11.4. The molecule has 1 aromatic heterocycles. The molecule has 0 aliphatic rings. The lowest BCUT2D eigenvalue weighted by molar-refractivity contribution is -0.138. The summed E-state index contributed by atoms with van der Waals surface area (Å²) in [5.74, 6) is -0.476. The van der Waals surface area contributed by atoms with Crippen LogP contribution in [0.25, 0.3) is 0 Å². The third kappa shape index (κ3) is 5.56. The normalized spacial score (nSPS) is 11.7. The number of carbonyl (C=O) groups is 1. The summed E-state index contributed by atoms with van der Waals surface area (Å²) >= 11 is 1.45. The zero-order valence-corrected chi connectivity index (χ0v) is 15.3. The summed E-state index contributed by atoms with van der Waals surface area (Å²) in [6.07, 6.45) is 0.402. The Balaban J connectivity index is 1.53. The van der Waals surface area contributed by atoms with E-state index in [9.17, 15) is 14.3 Å². The zero-order valence-electron chi connectivity index (χ0n) is 14.5. The Morgan fingerprint density at radius 3 is 2.41 bits per heavy atom. The molecule has 1 N–H and O–H groups in total. The summed E-state index contributed by atoms with van der Waals surface area (Å²) in [7, 11) is 0. The van der Waals surface area contributed by atoms with Gasteiger partial charge in [0.15, 0.2) is 0 Å². The maximum atomic E-state index is 12.8. The van der Waals surface area contributed by atoms with Crippen LogP contribution < -0.4 is 9.47 Å². The van der Waals surface area contributed by atoms with E-state index < -0.39 is 11.9 Å². The van der Waals surface area contributed by atoms with Gasteiger partial charge >= 0.3 is 5.97 Å². The molecule has 0 aliphatic heterocycles. The molecule has 0 amide bonds. The number of rotatable bonds is 9. The van der Waals surface area contributed by atoms with Crippen LogP contribution >= 0.6 is 11.3 Å². The van der Waals surface area contributed by atoms with E-state index in [2.05, 4.69) is 0 Å². The number of hydrogen-bond acceptors (Lipinski definition) is 4. The molecule has 0 saturated carbocycles. The van der Waals surface area contributed by atoms with Gasteiger partial charge in [-0.05, 0) is 59.8 Å². The third-order valence-electron chi connectivity index (χ3n) is 3.96. The van der Waals surface area contributed by atoms with Crippen molar-refractivity contribution < 1.29 is 23.8 Å². The molecule has 0 bridgehead atoms. The molecular weight excluding hydrogens is 367 g/mol. The maximum absolute atomic E-state index is 12.8. The summed E-state index contributed by atoms with van der Waals surface area (Å²) in [5.41, 5.74) is 0.896. The van der Waals surface area contributed by atoms with E-state index in [4.69, 9.17) is 9.47 Å². The van der Waals surface area contributed by atoms with Crippen molar-refractivity contribution in [2.24, 2.45) is 0 Å². The fourth-order valence-corrected chi connectivity index (χ4v) is 3.47. The standard InChI is InChI=1S/C21H19FO4S/c22-16-6-8-17(9-7-16)25-10-11-26-18-4-1-3-15(13-18)14-19(21(23)24)20-5-2-12-27-20/h1-9,12-13,19H,10-11,14H2,(H,23,24). The Kier molecular flexibility index (Phi) is 6.44. The minimum atomic E-state index is -0.837. The highest BCUT2D eigenvalue weighted by Gasteiger charge is 2.21. The molecule has 0 fully saturated rings. The molecule has 2 aromatic carbocycles. The van der Waals surface area contributed by atoms with Crippen LogP contribution in [-0.4, -0.2) is 24.3 Å². The second kappa shape index (κ2) is 9.19. The minimum absolute atomic E-state index is 0.308. The van der Waals surface area contributed by atoms with E-state index in [1.54, 1.807) is 12.1 Å². The van der Waals surface area contributed by atoms with Gasteiger partial charge in [-0.15, -0.1) is 11.3 Å². The van der Waals surface area contributed by atoms with Crippen LogP contribution in [0, 0.1) is 5.82 Å². The Hall–Kier alpha value is -2.86. The number of hydrogen-bond donors (Lipinski definition) is 1. The highest BCUT2D eigenvalue weighted by Crippen LogP contribution is 2.27. The number of carboxylic acids is 1. The van der Waals surface area contributed by atoms with Crippen molar-refractivity contribution in [1.82, 2.24) is 0 Å². The van der Waals surface area contributed by atoms with Crippen molar-refractivity contribution in [1.29, 1.82) is 0 Å². The van der Waals surface area contributed by atoms with Gasteiger partial charge in [0.25, 0.3) is 0 Å². The minimum Gasteiger partial charge on any atom is -0.490 e. The van der Waals surface area contributed by atoms with Crippen LogP contribution in [0.15, 0.2) is 66.0 Å². The molecule has 3 rings (SSSR count). The van der Waals surface area contributed by atoms with Crippen molar-refractivity contribution in [2.75, 3.05) is 13.2 Å². The molecule has 140 valence electrons. The summed E-state index contributed by atoms with van der Waals surface area (Å²) < 4.78 is 24.0. The summed E-state index contributed by atoms with van der Waals surface area (Å²) in [4.78, 5) is 12.4. The van der Waals surface area contributed by atoms with Crippen LogP contribution in [-0.2, 0) is 11.2 Å². The first kappa shape index (κ1) is 18.9. The van der Waals surface area contributed by atoms with Crippen LogP contribution in [0.4, 0.5) is 4.39 Å². The number of halogens is 1. The van der Waals surface area contributed by atoms with Crippen molar-refractivity contribution >= 4 is 17.3 Å². The molecule has 0 saturated heterocycles. The molecule has 1 unspecified atom stereocenters. The Morgan fingerprint density at radius 1 is 1.00 bits per heavy atom. The topological polar surface area (TPSA) is 55.8 Å². The molecule has 0 aliphatic carbocycles. The van der Waals surface area contributed by atoms with Crippen LogP contribution in [0.2, 0.25) is 0 Å². The largest absolute Gasteiger partial charge is 0.490 e. The number of ether oxygens (including phenoxy) is 2. The SMILES string of the molecule is O=C(O)C(Cc1cccc(OCCOc2ccc(F)cc2)c1)c1cccs1. The van der Waals surface area contributed by atoms with Gasteiger partial charge in [-0.2, -0.15) is 0 Å². The average molecular weight is 386 g/mol. The number of thiophene rings is 1. The van der Waals surface area contributed by atoms with E-state index >= 15 is 0 Å². The van der Waals surface area contributed by atoms with Crippen molar-refractivity contribution in [3.05, 3.63) is 82.3 Å². The molecule has 3 aromatic rings. The van der Waals surface area contributed by atoms with Crippen molar-refractivity contribution in [3.63, 3.8) is 0 Å². The third-order valence-corrected chi connectivity index (χ3v) is 4.94. The van der Waals surface area contributed by atoms with E-state index in [0.29, 0.717) is 31.1 Å². The predicted molar refractivity (Wildman–Crippen MR) is 102 cm³/mol. The van der Waals surface area contributed by atoms with Gasteiger partial charge in [-0.1, -0.05) is 18.2 Å². The Labute approximate surface area is 160 Å².